The van der Waals surface area contributed by atoms with E-state index < -0.39 is 11.2 Å². The second-order valence-electron chi connectivity index (χ2n) is 6.34. The zero-order valence-corrected chi connectivity index (χ0v) is 16.8. The zero-order valence-electron chi connectivity index (χ0n) is 15.2. The highest BCUT2D eigenvalue weighted by molar-refractivity contribution is 8.01. The molecule has 0 saturated heterocycles. The van der Waals surface area contributed by atoms with E-state index in [9.17, 15) is 14.4 Å². The maximum atomic E-state index is 12.2. The van der Waals surface area contributed by atoms with E-state index >= 15 is 0 Å². The highest BCUT2D eigenvalue weighted by Gasteiger charge is 2.29. The van der Waals surface area contributed by atoms with E-state index in [1.165, 1.54) is 16.7 Å². The van der Waals surface area contributed by atoms with Crippen molar-refractivity contribution in [2.45, 2.75) is 23.1 Å². The summed E-state index contributed by atoms with van der Waals surface area (Å²) < 4.78 is 5.08. The Bertz CT molecular complexity index is 905. The average molecular weight is 419 g/mol. The van der Waals surface area contributed by atoms with Crippen LogP contribution in [-0.2, 0) is 25.7 Å². The molecule has 1 unspecified atom stereocenters. The van der Waals surface area contributed by atoms with E-state index in [4.69, 9.17) is 16.3 Å². The molecular weight excluding hydrogens is 400 g/mol. The van der Waals surface area contributed by atoms with Crippen molar-refractivity contribution < 1.29 is 19.1 Å². The molecule has 8 heteroatoms. The Kier molecular flexibility index (Phi) is 6.59. The lowest BCUT2D eigenvalue weighted by Crippen LogP contribution is -2.33. The zero-order chi connectivity index (χ0) is 20.1. The molecule has 1 aliphatic rings. The topological polar surface area (TPSA) is 75.7 Å². The van der Waals surface area contributed by atoms with Gasteiger partial charge in [-0.3, -0.25) is 14.4 Å². The fraction of sp³-hybridized carbons (Fsp3) is 0.250. The van der Waals surface area contributed by atoms with Crippen LogP contribution in [0.3, 0.4) is 0 Å². The van der Waals surface area contributed by atoms with Gasteiger partial charge in [-0.2, -0.15) is 0 Å². The molecule has 2 amide bonds. The van der Waals surface area contributed by atoms with Gasteiger partial charge >= 0.3 is 5.97 Å². The van der Waals surface area contributed by atoms with E-state index in [1.54, 1.807) is 25.2 Å². The lowest BCUT2D eigenvalue weighted by atomic mass is 10.2. The molecule has 0 aromatic heterocycles. The molecule has 1 N–H and O–H groups in total. The summed E-state index contributed by atoms with van der Waals surface area (Å²) >= 11 is 7.26. The third-order valence-electron chi connectivity index (χ3n) is 4.15. The number of nitrogens with one attached hydrogen (secondary N) is 1. The standard InChI is InChI=1S/C20H19ClN2O4S/c1-23(11-13-5-4-6-14(21)9-13)18(24)12-27-19(25)10-17-20(26)22-15-7-2-3-8-16(15)28-17/h2-9,17H,10-12H2,1H3,(H,22,26). The maximum Gasteiger partial charge on any atom is 0.307 e. The third kappa shape index (κ3) is 5.27. The van der Waals surface area contributed by atoms with Crippen molar-refractivity contribution in [2.75, 3.05) is 19.0 Å². The van der Waals surface area contributed by atoms with Gasteiger partial charge in [-0.25, -0.2) is 0 Å². The van der Waals surface area contributed by atoms with Crippen molar-refractivity contribution in [3.63, 3.8) is 0 Å². The van der Waals surface area contributed by atoms with Gasteiger partial charge in [0.15, 0.2) is 6.61 Å². The molecule has 0 aliphatic carbocycles. The van der Waals surface area contributed by atoms with Crippen LogP contribution in [0.1, 0.15) is 12.0 Å². The number of para-hydroxylation sites is 1. The van der Waals surface area contributed by atoms with Crippen molar-refractivity contribution in [3.8, 4) is 0 Å². The number of thioether (sulfide) groups is 1. The number of nitrogens with zero attached hydrogens (tertiary/aromatic N) is 1. The smallest absolute Gasteiger partial charge is 0.307 e. The van der Waals surface area contributed by atoms with Crippen molar-refractivity contribution in [1.29, 1.82) is 0 Å². The summed E-state index contributed by atoms with van der Waals surface area (Å²) in [5.41, 5.74) is 1.61. The van der Waals surface area contributed by atoms with Gasteiger partial charge in [0.1, 0.15) is 0 Å². The number of carbonyl (C=O) groups excluding carboxylic acids is 3. The summed E-state index contributed by atoms with van der Waals surface area (Å²) in [6.07, 6.45) is -0.101. The SMILES string of the molecule is CN(Cc1cccc(Cl)c1)C(=O)COC(=O)CC1Sc2ccccc2NC1=O. The lowest BCUT2D eigenvalue weighted by molar-refractivity contribution is -0.152. The number of halogens is 1. The fourth-order valence-electron chi connectivity index (χ4n) is 2.69. The van der Waals surface area contributed by atoms with Crippen molar-refractivity contribution in [1.82, 2.24) is 4.90 Å². The van der Waals surface area contributed by atoms with Crippen LogP contribution in [0.4, 0.5) is 5.69 Å². The minimum atomic E-state index is -0.587. The van der Waals surface area contributed by atoms with E-state index in [0.717, 1.165) is 16.1 Å². The number of carbonyl (C=O) groups is 3. The van der Waals surface area contributed by atoms with Crippen LogP contribution in [0.5, 0.6) is 0 Å². The predicted octanol–water partition coefficient (Wildman–Crippen LogP) is 3.34. The van der Waals surface area contributed by atoms with E-state index in [0.29, 0.717) is 11.6 Å². The number of ether oxygens (including phenoxy) is 1. The minimum Gasteiger partial charge on any atom is -0.456 e. The Morgan fingerprint density at radius 2 is 2.00 bits per heavy atom. The highest BCUT2D eigenvalue weighted by Crippen LogP contribution is 2.36. The Morgan fingerprint density at radius 3 is 2.79 bits per heavy atom. The molecule has 0 radical (unpaired) electrons. The molecular formula is C20H19ClN2O4S. The molecule has 146 valence electrons. The van der Waals surface area contributed by atoms with Gasteiger partial charge in [0.05, 0.1) is 17.4 Å². The van der Waals surface area contributed by atoms with Crippen LogP contribution in [-0.4, -0.2) is 41.6 Å². The van der Waals surface area contributed by atoms with Crippen molar-refractivity contribution in [2.24, 2.45) is 0 Å². The van der Waals surface area contributed by atoms with Gasteiger partial charge in [0.25, 0.3) is 5.91 Å². The summed E-state index contributed by atoms with van der Waals surface area (Å²) in [5.74, 6) is -1.17. The second kappa shape index (κ2) is 9.12. The maximum absolute atomic E-state index is 12.2. The molecule has 6 nitrogen and oxygen atoms in total. The number of amides is 2. The number of rotatable bonds is 6. The van der Waals surface area contributed by atoms with Crippen LogP contribution in [0, 0.1) is 0 Å². The van der Waals surface area contributed by atoms with E-state index in [-0.39, 0.29) is 24.8 Å². The Hall–Kier alpha value is -2.51. The molecule has 2 aromatic rings. The molecule has 3 rings (SSSR count). The molecule has 0 fully saturated rings. The number of anilines is 1. The Labute approximate surface area is 172 Å². The minimum absolute atomic E-state index is 0.101. The summed E-state index contributed by atoms with van der Waals surface area (Å²) in [6, 6.07) is 14.6. The number of likely N-dealkylation sites (N-methyl/N-ethyl adjacent to an activating group) is 1. The quantitative estimate of drug-likeness (QED) is 0.728. The normalized spacial score (nSPS) is 15.4. The van der Waals surface area contributed by atoms with Crippen LogP contribution in [0.2, 0.25) is 5.02 Å². The molecule has 0 spiro atoms. The first-order valence-corrected chi connectivity index (χ1v) is 9.88. The van der Waals surface area contributed by atoms with Gasteiger partial charge in [-0.15, -0.1) is 11.8 Å². The number of esters is 1. The first kappa shape index (κ1) is 20.2. The van der Waals surface area contributed by atoms with Crippen LogP contribution < -0.4 is 5.32 Å². The molecule has 1 heterocycles. The summed E-state index contributed by atoms with van der Waals surface area (Å²) in [6.45, 7) is -0.0138. The Balaban J connectivity index is 1.47. The summed E-state index contributed by atoms with van der Waals surface area (Å²) in [5, 5.41) is 2.79. The number of hydrogen-bond donors (Lipinski definition) is 1. The number of hydrogen-bond acceptors (Lipinski definition) is 5. The van der Waals surface area contributed by atoms with E-state index in [1.807, 2.05) is 30.3 Å². The molecule has 1 atom stereocenters. The fourth-order valence-corrected chi connectivity index (χ4v) is 4.00. The molecule has 28 heavy (non-hydrogen) atoms. The molecule has 1 aliphatic heterocycles. The average Bonchev–Trinajstić information content (AvgIpc) is 2.66. The van der Waals surface area contributed by atoms with E-state index in [2.05, 4.69) is 5.32 Å². The first-order chi connectivity index (χ1) is 13.4. The van der Waals surface area contributed by atoms with Crippen molar-refractivity contribution >= 4 is 46.8 Å². The molecule has 0 bridgehead atoms. The molecule has 0 saturated carbocycles. The van der Waals surface area contributed by atoms with Gasteiger partial charge in [0.2, 0.25) is 5.91 Å². The van der Waals surface area contributed by atoms with Crippen molar-refractivity contribution in [3.05, 3.63) is 59.1 Å². The number of fused-ring (bicyclic) bond motifs is 1. The second-order valence-corrected chi connectivity index (χ2v) is 8.02. The first-order valence-electron chi connectivity index (χ1n) is 8.63. The lowest BCUT2D eigenvalue weighted by Gasteiger charge is -2.23. The van der Waals surface area contributed by atoms with Crippen LogP contribution in [0.25, 0.3) is 0 Å². The van der Waals surface area contributed by atoms with Crippen LogP contribution in [0.15, 0.2) is 53.4 Å². The predicted molar refractivity (Wildman–Crippen MR) is 108 cm³/mol. The van der Waals surface area contributed by atoms with Crippen LogP contribution >= 0.6 is 23.4 Å². The Morgan fingerprint density at radius 1 is 1.21 bits per heavy atom. The van der Waals surface area contributed by atoms with Gasteiger partial charge < -0.3 is 15.0 Å². The third-order valence-corrected chi connectivity index (χ3v) is 5.66. The number of benzene rings is 2. The largest absolute Gasteiger partial charge is 0.456 e. The monoisotopic (exact) mass is 418 g/mol. The van der Waals surface area contributed by atoms with Gasteiger partial charge in [-0.1, -0.05) is 35.9 Å². The van der Waals surface area contributed by atoms with Gasteiger partial charge in [0, 0.05) is 23.5 Å². The van der Waals surface area contributed by atoms with Gasteiger partial charge in [-0.05, 0) is 29.8 Å². The molecule has 2 aromatic carbocycles. The summed E-state index contributed by atoms with van der Waals surface area (Å²) in [7, 11) is 1.62. The highest BCUT2D eigenvalue weighted by atomic mass is 35.5. The summed E-state index contributed by atoms with van der Waals surface area (Å²) in [4.78, 5) is 38.8.